The average Bonchev–Trinajstić information content (AvgIpc) is 0.958. The molecule has 0 fully saturated rings. The lowest BCUT2D eigenvalue weighted by atomic mass is 10.0. The Balaban J connectivity index is 5.21. The molecule has 5 atom stereocenters. The van der Waals surface area contributed by atoms with Crippen molar-refractivity contribution in [3.05, 3.63) is 0 Å². The van der Waals surface area contributed by atoms with Gasteiger partial charge in [0.1, 0.15) is 19.3 Å². The molecule has 0 saturated carbocycles. The van der Waals surface area contributed by atoms with Crippen LogP contribution in [-0.2, 0) is 65.4 Å². The number of esters is 4. The van der Waals surface area contributed by atoms with Crippen molar-refractivity contribution in [1.82, 2.24) is 0 Å². The van der Waals surface area contributed by atoms with E-state index in [9.17, 15) is 43.2 Å². The summed E-state index contributed by atoms with van der Waals surface area (Å²) >= 11 is 0. The molecule has 0 aliphatic rings. The molecule has 0 aromatic rings. The van der Waals surface area contributed by atoms with Crippen molar-refractivity contribution in [2.45, 2.75) is 463 Å². The van der Waals surface area contributed by atoms with Gasteiger partial charge in [0.05, 0.1) is 26.4 Å². The minimum atomic E-state index is -4.96. The van der Waals surface area contributed by atoms with Crippen molar-refractivity contribution >= 4 is 39.5 Å². The molecule has 101 heavy (non-hydrogen) atoms. The lowest BCUT2D eigenvalue weighted by Gasteiger charge is -2.21. The minimum Gasteiger partial charge on any atom is -0.462 e. The van der Waals surface area contributed by atoms with Crippen LogP contribution in [0.5, 0.6) is 0 Å². The maximum atomic E-state index is 13.1. The van der Waals surface area contributed by atoms with Crippen molar-refractivity contribution < 1.29 is 80.2 Å². The van der Waals surface area contributed by atoms with E-state index in [0.29, 0.717) is 25.7 Å². The molecule has 0 rings (SSSR count). The van der Waals surface area contributed by atoms with Gasteiger partial charge in [-0.15, -0.1) is 0 Å². The van der Waals surface area contributed by atoms with E-state index < -0.39 is 97.5 Å². The molecule has 600 valence electrons. The van der Waals surface area contributed by atoms with Gasteiger partial charge in [0.2, 0.25) is 0 Å². The third-order valence-electron chi connectivity index (χ3n) is 19.4. The highest BCUT2D eigenvalue weighted by atomic mass is 31.2. The Kier molecular flexibility index (Phi) is 74.8. The van der Waals surface area contributed by atoms with Crippen LogP contribution in [0.1, 0.15) is 445 Å². The van der Waals surface area contributed by atoms with Gasteiger partial charge in [-0.25, -0.2) is 9.13 Å². The summed E-state index contributed by atoms with van der Waals surface area (Å²) in [6.07, 6.45) is 69.3. The summed E-state index contributed by atoms with van der Waals surface area (Å²) in [5, 5.41) is 10.6. The Morgan fingerprint density at radius 3 is 0.584 bits per heavy atom. The number of hydrogen-bond donors (Lipinski definition) is 3. The molecule has 2 unspecified atom stereocenters. The van der Waals surface area contributed by atoms with Crippen LogP contribution in [0.15, 0.2) is 0 Å². The fraction of sp³-hybridized carbons (Fsp3) is 0.951. The number of aliphatic hydroxyl groups excluding tert-OH is 1. The van der Waals surface area contributed by atoms with E-state index in [1.807, 2.05) is 0 Å². The number of carbonyl (C=O) groups is 4. The summed E-state index contributed by atoms with van der Waals surface area (Å²) in [6.45, 7) is 5.03. The zero-order valence-corrected chi connectivity index (χ0v) is 67.7. The number of hydrogen-bond acceptors (Lipinski definition) is 15. The molecule has 0 aromatic carbocycles. The molecule has 0 bridgehead atoms. The number of carbonyl (C=O) groups excluding carboxylic acids is 4. The first-order valence-electron chi connectivity index (χ1n) is 42.8. The second-order valence-corrected chi connectivity index (χ2v) is 32.4. The van der Waals surface area contributed by atoms with Crippen LogP contribution in [-0.4, -0.2) is 96.7 Å². The van der Waals surface area contributed by atoms with Crippen LogP contribution in [0.3, 0.4) is 0 Å². The molecule has 0 aromatic heterocycles. The fourth-order valence-corrected chi connectivity index (χ4v) is 14.4. The average molecular weight is 1480 g/mol. The van der Waals surface area contributed by atoms with Crippen molar-refractivity contribution in [2.24, 2.45) is 0 Å². The van der Waals surface area contributed by atoms with Gasteiger partial charge in [-0.2, -0.15) is 0 Å². The minimum absolute atomic E-state index is 0.109. The molecule has 0 aliphatic heterocycles. The number of ether oxygens (including phenoxy) is 4. The van der Waals surface area contributed by atoms with E-state index >= 15 is 0 Å². The number of phosphoric acid groups is 2. The van der Waals surface area contributed by atoms with Gasteiger partial charge in [0.15, 0.2) is 12.2 Å². The zero-order valence-electron chi connectivity index (χ0n) is 65.9. The van der Waals surface area contributed by atoms with Gasteiger partial charge in [0.25, 0.3) is 0 Å². The van der Waals surface area contributed by atoms with Crippen LogP contribution in [0.2, 0.25) is 0 Å². The molecule has 17 nitrogen and oxygen atoms in total. The van der Waals surface area contributed by atoms with Gasteiger partial charge in [0, 0.05) is 25.7 Å². The standard InChI is InChI=1S/C82H160O17P2/c1-5-9-13-17-21-25-29-33-34-35-36-37-38-39-40-41-45-49-53-57-61-65-69-82(87)99-78(73-93-80(85)67-63-59-55-51-47-43-31-27-23-19-15-11-7-3)75-97-101(90,91)95-71-76(83)70-94-100(88,89)96-74-77(98-81(86)68-64-60-56-52-48-44-32-28-24-20-16-12-8-4)72-92-79(84)66-62-58-54-50-46-42-30-26-22-18-14-10-6-2/h76-78,83H,5-75H2,1-4H3,(H,88,89)(H,90,91)/t76-,77+,78+/m0/s1. The normalized spacial score (nSPS) is 13.8. The summed E-state index contributed by atoms with van der Waals surface area (Å²) < 4.78 is 68.8. The highest BCUT2D eigenvalue weighted by Gasteiger charge is 2.30. The van der Waals surface area contributed by atoms with E-state index in [0.717, 1.165) is 89.9 Å². The van der Waals surface area contributed by atoms with Crippen molar-refractivity contribution in [1.29, 1.82) is 0 Å². The molecular weight excluding hydrogens is 1320 g/mol. The summed E-state index contributed by atoms with van der Waals surface area (Å²) in [7, 11) is -9.92. The highest BCUT2D eigenvalue weighted by Crippen LogP contribution is 2.45. The molecule has 0 heterocycles. The third-order valence-corrected chi connectivity index (χ3v) is 21.3. The Bertz CT molecular complexity index is 1910. The Hall–Kier alpha value is -1.94. The number of phosphoric ester groups is 2. The topological polar surface area (TPSA) is 237 Å². The SMILES string of the molecule is CCCCCCCCCCCCCCCCCCCCCCCCC(=O)O[C@H](COC(=O)CCCCCCCCCCCCCCC)COP(=O)(O)OC[C@@H](O)COP(=O)(O)OC[C@@H](COC(=O)CCCCCCCCCCCCCCC)OC(=O)CCCCCCCCCCCCCCC. The summed E-state index contributed by atoms with van der Waals surface area (Å²) in [5.74, 6) is -2.10. The van der Waals surface area contributed by atoms with Crippen LogP contribution in [0, 0.1) is 0 Å². The first-order chi connectivity index (χ1) is 49.2. The third kappa shape index (κ3) is 76.1. The largest absolute Gasteiger partial charge is 0.472 e. The molecule has 0 aliphatic carbocycles. The molecule has 0 saturated heterocycles. The van der Waals surface area contributed by atoms with E-state index in [2.05, 4.69) is 27.7 Å². The quantitative estimate of drug-likeness (QED) is 0.0222. The van der Waals surface area contributed by atoms with Crippen molar-refractivity contribution in [2.75, 3.05) is 39.6 Å². The lowest BCUT2D eigenvalue weighted by Crippen LogP contribution is -2.30. The number of unbranched alkanes of at least 4 members (excludes halogenated alkanes) is 57. The fourth-order valence-electron chi connectivity index (χ4n) is 12.8. The second kappa shape index (κ2) is 76.3. The van der Waals surface area contributed by atoms with Gasteiger partial charge < -0.3 is 33.8 Å². The maximum absolute atomic E-state index is 13.1. The predicted octanol–water partition coefficient (Wildman–Crippen LogP) is 25.0. The van der Waals surface area contributed by atoms with Gasteiger partial charge in [-0.3, -0.25) is 37.3 Å². The summed E-state index contributed by atoms with van der Waals surface area (Å²) in [5.41, 5.74) is 0. The van der Waals surface area contributed by atoms with E-state index in [1.54, 1.807) is 0 Å². The monoisotopic (exact) mass is 1480 g/mol. The molecule has 3 N–H and O–H groups in total. The van der Waals surface area contributed by atoms with Crippen LogP contribution in [0.4, 0.5) is 0 Å². The van der Waals surface area contributed by atoms with Crippen molar-refractivity contribution in [3.63, 3.8) is 0 Å². The summed E-state index contributed by atoms with van der Waals surface area (Å²) in [6, 6.07) is 0. The first-order valence-corrected chi connectivity index (χ1v) is 45.8. The maximum Gasteiger partial charge on any atom is 0.472 e. The van der Waals surface area contributed by atoms with E-state index in [4.69, 9.17) is 37.0 Å². The number of rotatable bonds is 83. The molecule has 0 amide bonds. The smallest absolute Gasteiger partial charge is 0.462 e. The Labute approximate surface area is 619 Å². The summed E-state index contributed by atoms with van der Waals surface area (Å²) in [4.78, 5) is 73.1. The highest BCUT2D eigenvalue weighted by molar-refractivity contribution is 7.47. The molecule has 19 heteroatoms. The van der Waals surface area contributed by atoms with Crippen LogP contribution < -0.4 is 0 Å². The van der Waals surface area contributed by atoms with Gasteiger partial charge in [-0.1, -0.05) is 394 Å². The first kappa shape index (κ1) is 99.1. The van der Waals surface area contributed by atoms with E-state index in [1.165, 1.54) is 276 Å². The van der Waals surface area contributed by atoms with Crippen LogP contribution >= 0.6 is 15.6 Å². The van der Waals surface area contributed by atoms with Gasteiger partial charge in [-0.05, 0) is 25.7 Å². The van der Waals surface area contributed by atoms with E-state index in [-0.39, 0.29) is 25.7 Å². The Morgan fingerprint density at radius 1 is 0.238 bits per heavy atom. The molecular formula is C82H160O17P2. The predicted molar refractivity (Wildman–Crippen MR) is 414 cm³/mol. The number of aliphatic hydroxyl groups is 1. The second-order valence-electron chi connectivity index (χ2n) is 29.5. The van der Waals surface area contributed by atoms with Crippen LogP contribution in [0.25, 0.3) is 0 Å². The molecule has 0 spiro atoms. The Morgan fingerprint density at radius 2 is 0.396 bits per heavy atom. The molecule has 0 radical (unpaired) electrons. The van der Waals surface area contributed by atoms with Crippen molar-refractivity contribution in [3.8, 4) is 0 Å². The zero-order chi connectivity index (χ0) is 73.9. The lowest BCUT2D eigenvalue weighted by molar-refractivity contribution is -0.161. The van der Waals surface area contributed by atoms with Gasteiger partial charge >= 0.3 is 39.5 Å².